The highest BCUT2D eigenvalue weighted by molar-refractivity contribution is 7.09. The molecule has 116 valence electrons. The highest BCUT2D eigenvalue weighted by atomic mass is 32.1. The van der Waals surface area contributed by atoms with Crippen LogP contribution < -0.4 is 5.32 Å². The van der Waals surface area contributed by atoms with Gasteiger partial charge < -0.3 is 10.3 Å². The lowest BCUT2D eigenvalue weighted by Crippen LogP contribution is -2.20. The second kappa shape index (κ2) is 6.19. The van der Waals surface area contributed by atoms with Crippen molar-refractivity contribution in [3.05, 3.63) is 63.8 Å². The number of hydrogen-bond acceptors (Lipinski definition) is 2. The van der Waals surface area contributed by atoms with Crippen molar-refractivity contribution in [3.8, 4) is 0 Å². The SMILES string of the molecule is [C-]#[N+]c1ccc2[nH]cc(C3CC3CNCCc3cccs3)c2c1. The van der Waals surface area contributed by atoms with Gasteiger partial charge >= 0.3 is 0 Å². The van der Waals surface area contributed by atoms with E-state index in [0.717, 1.165) is 36.6 Å². The first-order valence-corrected chi connectivity index (χ1v) is 8.94. The number of H-pyrrole nitrogens is 1. The Bertz CT molecular complexity index is 841. The molecular formula is C19H19N3S. The van der Waals surface area contributed by atoms with E-state index in [1.54, 1.807) is 0 Å². The van der Waals surface area contributed by atoms with Crippen LogP contribution in [0.4, 0.5) is 5.69 Å². The minimum absolute atomic E-state index is 0.638. The fourth-order valence-electron chi connectivity index (χ4n) is 3.31. The summed E-state index contributed by atoms with van der Waals surface area (Å²) >= 11 is 1.83. The first-order chi connectivity index (χ1) is 11.3. The van der Waals surface area contributed by atoms with E-state index in [2.05, 4.69) is 38.9 Å². The van der Waals surface area contributed by atoms with E-state index in [-0.39, 0.29) is 0 Å². The van der Waals surface area contributed by atoms with Crippen molar-refractivity contribution in [2.24, 2.45) is 5.92 Å². The van der Waals surface area contributed by atoms with Crippen molar-refractivity contribution in [1.82, 2.24) is 10.3 Å². The lowest BCUT2D eigenvalue weighted by Gasteiger charge is -2.03. The molecule has 2 unspecified atom stereocenters. The Kier molecular flexibility index (Phi) is 3.90. The van der Waals surface area contributed by atoms with Crippen molar-refractivity contribution < 1.29 is 0 Å². The lowest BCUT2D eigenvalue weighted by molar-refractivity contribution is 0.629. The van der Waals surface area contributed by atoms with Gasteiger partial charge in [-0.05, 0) is 72.3 Å². The van der Waals surface area contributed by atoms with Gasteiger partial charge in [0.1, 0.15) is 0 Å². The van der Waals surface area contributed by atoms with E-state index >= 15 is 0 Å². The number of nitrogens with zero attached hydrogens (tertiary/aromatic N) is 1. The van der Waals surface area contributed by atoms with E-state index < -0.39 is 0 Å². The summed E-state index contributed by atoms with van der Waals surface area (Å²) in [5.74, 6) is 1.37. The van der Waals surface area contributed by atoms with Crippen LogP contribution in [0.3, 0.4) is 0 Å². The van der Waals surface area contributed by atoms with Crippen LogP contribution in [0.25, 0.3) is 15.7 Å². The molecule has 3 nitrogen and oxygen atoms in total. The molecule has 4 rings (SSSR count). The summed E-state index contributed by atoms with van der Waals surface area (Å²) in [6.45, 7) is 9.33. The minimum Gasteiger partial charge on any atom is -0.361 e. The number of benzene rings is 1. The number of aromatic amines is 1. The third-order valence-electron chi connectivity index (χ3n) is 4.68. The molecule has 1 aliphatic carbocycles. The molecule has 1 saturated carbocycles. The van der Waals surface area contributed by atoms with Crippen LogP contribution in [0.5, 0.6) is 0 Å². The average molecular weight is 321 g/mol. The molecule has 2 aromatic heterocycles. The van der Waals surface area contributed by atoms with Gasteiger partial charge in [-0.3, -0.25) is 0 Å². The van der Waals surface area contributed by atoms with E-state index in [1.165, 1.54) is 22.2 Å². The number of nitrogens with one attached hydrogen (secondary N) is 2. The van der Waals surface area contributed by atoms with E-state index in [0.29, 0.717) is 5.92 Å². The van der Waals surface area contributed by atoms with Gasteiger partial charge in [-0.2, -0.15) is 0 Å². The predicted octanol–water partition coefficient (Wildman–Crippen LogP) is 4.72. The quantitative estimate of drug-likeness (QED) is 0.500. The largest absolute Gasteiger partial charge is 0.361 e. The molecule has 1 aliphatic rings. The summed E-state index contributed by atoms with van der Waals surface area (Å²) in [6.07, 6.45) is 4.51. The lowest BCUT2D eigenvalue weighted by atomic mass is 10.1. The van der Waals surface area contributed by atoms with E-state index in [4.69, 9.17) is 6.57 Å². The highest BCUT2D eigenvalue weighted by Gasteiger charge is 2.39. The highest BCUT2D eigenvalue weighted by Crippen LogP contribution is 2.49. The van der Waals surface area contributed by atoms with Crippen LogP contribution in [0.15, 0.2) is 41.9 Å². The maximum absolute atomic E-state index is 7.18. The number of rotatable bonds is 6. The molecule has 3 aromatic rings. The van der Waals surface area contributed by atoms with Crippen molar-refractivity contribution in [2.75, 3.05) is 13.1 Å². The monoisotopic (exact) mass is 321 g/mol. The standard InChI is InChI=1S/C19H19N3S/c1-20-14-4-5-19-17(10-14)18(12-22-19)16-9-13(16)11-21-7-6-15-3-2-8-23-15/h2-5,8,10,12-13,16,21-22H,6-7,9,11H2. The second-order valence-corrected chi connectivity index (χ2v) is 7.25. The molecule has 2 atom stereocenters. The first-order valence-electron chi connectivity index (χ1n) is 8.07. The van der Waals surface area contributed by atoms with Crippen LogP contribution in [-0.4, -0.2) is 18.1 Å². The van der Waals surface area contributed by atoms with Crippen molar-refractivity contribution in [2.45, 2.75) is 18.8 Å². The number of aromatic nitrogens is 1. The molecular weight excluding hydrogens is 302 g/mol. The Balaban J connectivity index is 1.35. The second-order valence-electron chi connectivity index (χ2n) is 6.22. The maximum atomic E-state index is 7.18. The fraction of sp³-hybridized carbons (Fsp3) is 0.316. The fourth-order valence-corrected chi connectivity index (χ4v) is 4.02. The zero-order valence-electron chi connectivity index (χ0n) is 12.9. The third kappa shape index (κ3) is 3.03. The summed E-state index contributed by atoms with van der Waals surface area (Å²) in [5.41, 5.74) is 3.25. The summed E-state index contributed by atoms with van der Waals surface area (Å²) in [7, 11) is 0. The Morgan fingerprint density at radius 1 is 1.35 bits per heavy atom. The van der Waals surface area contributed by atoms with Gasteiger partial charge in [-0.25, -0.2) is 4.85 Å². The number of hydrogen-bond donors (Lipinski definition) is 2. The van der Waals surface area contributed by atoms with Crippen LogP contribution in [0, 0.1) is 12.5 Å². The third-order valence-corrected chi connectivity index (χ3v) is 5.62. The maximum Gasteiger partial charge on any atom is 0.187 e. The van der Waals surface area contributed by atoms with Crippen molar-refractivity contribution in [1.29, 1.82) is 0 Å². The molecule has 0 saturated heterocycles. The molecule has 0 amide bonds. The Hall–Kier alpha value is -2.09. The molecule has 1 fully saturated rings. The van der Waals surface area contributed by atoms with Gasteiger partial charge in [-0.1, -0.05) is 12.1 Å². The zero-order chi connectivity index (χ0) is 15.6. The Morgan fingerprint density at radius 2 is 2.30 bits per heavy atom. The van der Waals surface area contributed by atoms with Gasteiger partial charge in [0.2, 0.25) is 0 Å². The van der Waals surface area contributed by atoms with E-state index in [1.807, 2.05) is 29.5 Å². The average Bonchev–Trinajstić information content (AvgIpc) is 3.00. The predicted molar refractivity (Wildman–Crippen MR) is 96.3 cm³/mol. The zero-order valence-corrected chi connectivity index (χ0v) is 13.7. The van der Waals surface area contributed by atoms with Crippen molar-refractivity contribution >= 4 is 27.9 Å². The molecule has 2 N–H and O–H groups in total. The number of fused-ring (bicyclic) bond motifs is 1. The molecule has 0 spiro atoms. The van der Waals surface area contributed by atoms with Crippen LogP contribution in [0.2, 0.25) is 0 Å². The summed E-state index contributed by atoms with van der Waals surface area (Å²) in [4.78, 5) is 8.35. The topological polar surface area (TPSA) is 32.2 Å². The molecule has 4 heteroatoms. The van der Waals surface area contributed by atoms with E-state index in [9.17, 15) is 0 Å². The van der Waals surface area contributed by atoms with Crippen LogP contribution in [0.1, 0.15) is 22.8 Å². The van der Waals surface area contributed by atoms with Gasteiger partial charge in [0.05, 0.1) is 6.57 Å². The first kappa shape index (κ1) is 14.5. The normalized spacial score (nSPS) is 19.8. The molecule has 1 aromatic carbocycles. The van der Waals surface area contributed by atoms with Gasteiger partial charge in [0.25, 0.3) is 0 Å². The van der Waals surface area contributed by atoms with Crippen LogP contribution >= 0.6 is 11.3 Å². The molecule has 0 aliphatic heterocycles. The van der Waals surface area contributed by atoms with Gasteiger partial charge in [0, 0.05) is 16.6 Å². The van der Waals surface area contributed by atoms with Crippen molar-refractivity contribution in [3.63, 3.8) is 0 Å². The van der Waals surface area contributed by atoms with Crippen LogP contribution in [-0.2, 0) is 6.42 Å². The summed E-state index contributed by atoms with van der Waals surface area (Å²) < 4.78 is 0. The molecule has 23 heavy (non-hydrogen) atoms. The molecule has 0 radical (unpaired) electrons. The smallest absolute Gasteiger partial charge is 0.187 e. The number of thiophene rings is 1. The summed E-state index contributed by atoms with van der Waals surface area (Å²) in [6, 6.07) is 10.2. The Labute approximate surface area is 140 Å². The molecule has 2 heterocycles. The Morgan fingerprint density at radius 3 is 3.13 bits per heavy atom. The van der Waals surface area contributed by atoms with Gasteiger partial charge in [0.15, 0.2) is 5.69 Å². The van der Waals surface area contributed by atoms with Gasteiger partial charge in [-0.15, -0.1) is 11.3 Å². The minimum atomic E-state index is 0.638. The molecule has 0 bridgehead atoms. The summed E-state index contributed by atoms with van der Waals surface area (Å²) in [5, 5.41) is 6.96.